The first kappa shape index (κ1) is 10.8. The summed E-state index contributed by atoms with van der Waals surface area (Å²) >= 11 is 0. The number of nitrogens with zero attached hydrogens (tertiary/aromatic N) is 2. The fourth-order valence-electron chi connectivity index (χ4n) is 0.877. The lowest BCUT2D eigenvalue weighted by Crippen LogP contribution is -2.30. The standard InChI is InChI=1S/C10H17N3O/c1-5-10(2,3)13-9-11-6-8(14-4)7-12-9/h6-7H,5H2,1-4H3,(H,11,12,13). The topological polar surface area (TPSA) is 47.0 Å². The largest absolute Gasteiger partial charge is 0.494 e. The number of nitrogens with one attached hydrogen (secondary N) is 1. The molecule has 1 aromatic heterocycles. The SMILES string of the molecule is CCC(C)(C)Nc1ncc(OC)cn1. The molecule has 0 aliphatic heterocycles. The Morgan fingerprint density at radius 1 is 1.36 bits per heavy atom. The molecule has 0 atom stereocenters. The average Bonchev–Trinajstić information content (AvgIpc) is 2.19. The van der Waals surface area contributed by atoms with Crippen molar-refractivity contribution in [1.82, 2.24) is 9.97 Å². The van der Waals surface area contributed by atoms with Gasteiger partial charge in [-0.25, -0.2) is 9.97 Å². The maximum absolute atomic E-state index is 4.97. The van der Waals surface area contributed by atoms with Crippen molar-refractivity contribution < 1.29 is 4.74 Å². The van der Waals surface area contributed by atoms with E-state index < -0.39 is 0 Å². The molecule has 0 saturated carbocycles. The summed E-state index contributed by atoms with van der Waals surface area (Å²) in [5.74, 6) is 1.31. The molecule has 1 rings (SSSR count). The zero-order valence-electron chi connectivity index (χ0n) is 9.16. The lowest BCUT2D eigenvalue weighted by atomic mass is 10.0. The molecule has 0 saturated heterocycles. The third-order valence-electron chi connectivity index (χ3n) is 2.20. The fourth-order valence-corrected chi connectivity index (χ4v) is 0.877. The number of hydrogen-bond donors (Lipinski definition) is 1. The van der Waals surface area contributed by atoms with Crippen LogP contribution in [-0.2, 0) is 0 Å². The summed E-state index contributed by atoms with van der Waals surface area (Å²) in [6.45, 7) is 6.34. The van der Waals surface area contributed by atoms with Gasteiger partial charge in [-0.15, -0.1) is 0 Å². The quantitative estimate of drug-likeness (QED) is 0.799. The molecule has 14 heavy (non-hydrogen) atoms. The normalized spacial score (nSPS) is 11.1. The highest BCUT2D eigenvalue weighted by Gasteiger charge is 2.15. The molecule has 4 heteroatoms. The first-order valence-corrected chi connectivity index (χ1v) is 4.71. The maximum atomic E-state index is 4.97. The summed E-state index contributed by atoms with van der Waals surface area (Å²) < 4.78 is 4.97. The zero-order chi connectivity index (χ0) is 10.6. The van der Waals surface area contributed by atoms with E-state index in [1.807, 2.05) is 0 Å². The molecule has 1 aromatic rings. The second kappa shape index (κ2) is 4.26. The zero-order valence-corrected chi connectivity index (χ0v) is 9.16. The summed E-state index contributed by atoms with van der Waals surface area (Å²) in [4.78, 5) is 8.27. The minimum absolute atomic E-state index is 0.0224. The predicted molar refractivity (Wildman–Crippen MR) is 56.6 cm³/mol. The molecule has 4 nitrogen and oxygen atoms in total. The lowest BCUT2D eigenvalue weighted by Gasteiger charge is -2.24. The molecule has 0 unspecified atom stereocenters. The molecule has 0 bridgehead atoms. The molecule has 0 radical (unpaired) electrons. The Kier molecular flexibility index (Phi) is 3.28. The second-order valence-electron chi connectivity index (χ2n) is 3.81. The van der Waals surface area contributed by atoms with Crippen LogP contribution in [0, 0.1) is 0 Å². The molecule has 0 amide bonds. The number of hydrogen-bond acceptors (Lipinski definition) is 4. The molecule has 0 aliphatic carbocycles. The van der Waals surface area contributed by atoms with Crippen LogP contribution in [0.15, 0.2) is 12.4 Å². The highest BCUT2D eigenvalue weighted by Crippen LogP contribution is 2.15. The number of anilines is 1. The Bertz CT molecular complexity index is 282. The maximum Gasteiger partial charge on any atom is 0.223 e. The Morgan fingerprint density at radius 3 is 2.36 bits per heavy atom. The van der Waals surface area contributed by atoms with Gasteiger partial charge in [0.25, 0.3) is 0 Å². The van der Waals surface area contributed by atoms with E-state index in [2.05, 4.69) is 36.1 Å². The smallest absolute Gasteiger partial charge is 0.223 e. The van der Waals surface area contributed by atoms with Crippen LogP contribution in [0.25, 0.3) is 0 Å². The molecule has 0 spiro atoms. The molecule has 0 fully saturated rings. The summed E-state index contributed by atoms with van der Waals surface area (Å²) in [6.07, 6.45) is 4.32. The molecule has 0 aromatic carbocycles. The van der Waals surface area contributed by atoms with Gasteiger partial charge in [-0.3, -0.25) is 0 Å². The molecule has 1 heterocycles. The van der Waals surface area contributed by atoms with Crippen molar-refractivity contribution in [2.45, 2.75) is 32.7 Å². The highest BCUT2D eigenvalue weighted by molar-refractivity contribution is 5.30. The minimum Gasteiger partial charge on any atom is -0.494 e. The van der Waals surface area contributed by atoms with Crippen LogP contribution in [0.3, 0.4) is 0 Å². The average molecular weight is 195 g/mol. The highest BCUT2D eigenvalue weighted by atomic mass is 16.5. The molecule has 0 aliphatic rings. The van der Waals surface area contributed by atoms with Gasteiger partial charge in [0.2, 0.25) is 5.95 Å². The van der Waals surface area contributed by atoms with Crippen molar-refractivity contribution in [3.8, 4) is 5.75 Å². The van der Waals surface area contributed by atoms with Crippen LogP contribution in [-0.4, -0.2) is 22.6 Å². The number of rotatable bonds is 4. The van der Waals surface area contributed by atoms with Crippen molar-refractivity contribution in [3.05, 3.63) is 12.4 Å². The van der Waals surface area contributed by atoms with E-state index in [0.717, 1.165) is 6.42 Å². The third-order valence-corrected chi connectivity index (χ3v) is 2.20. The Balaban J connectivity index is 2.69. The van der Waals surface area contributed by atoms with Gasteiger partial charge in [0.05, 0.1) is 19.5 Å². The van der Waals surface area contributed by atoms with Gasteiger partial charge >= 0.3 is 0 Å². The van der Waals surface area contributed by atoms with Crippen LogP contribution in [0.4, 0.5) is 5.95 Å². The summed E-state index contributed by atoms with van der Waals surface area (Å²) in [6, 6.07) is 0. The van der Waals surface area contributed by atoms with Crippen LogP contribution in [0.5, 0.6) is 5.75 Å². The first-order valence-electron chi connectivity index (χ1n) is 4.71. The van der Waals surface area contributed by atoms with Gasteiger partial charge in [-0.2, -0.15) is 0 Å². The van der Waals surface area contributed by atoms with E-state index in [4.69, 9.17) is 4.74 Å². The van der Waals surface area contributed by atoms with Crippen molar-refractivity contribution in [2.24, 2.45) is 0 Å². The Labute approximate surface area is 84.7 Å². The predicted octanol–water partition coefficient (Wildman–Crippen LogP) is 2.09. The van der Waals surface area contributed by atoms with E-state index >= 15 is 0 Å². The van der Waals surface area contributed by atoms with E-state index in [0.29, 0.717) is 11.7 Å². The molecular formula is C10H17N3O. The van der Waals surface area contributed by atoms with Crippen LogP contribution in [0.1, 0.15) is 27.2 Å². The van der Waals surface area contributed by atoms with E-state index in [1.54, 1.807) is 19.5 Å². The van der Waals surface area contributed by atoms with Crippen molar-refractivity contribution in [3.63, 3.8) is 0 Å². The Morgan fingerprint density at radius 2 is 1.93 bits per heavy atom. The molecule has 78 valence electrons. The summed E-state index contributed by atoms with van der Waals surface area (Å²) in [5.41, 5.74) is 0.0224. The fraction of sp³-hybridized carbons (Fsp3) is 0.600. The Hall–Kier alpha value is -1.32. The van der Waals surface area contributed by atoms with Crippen molar-refractivity contribution in [2.75, 3.05) is 12.4 Å². The first-order chi connectivity index (χ1) is 6.57. The van der Waals surface area contributed by atoms with Gasteiger partial charge < -0.3 is 10.1 Å². The minimum atomic E-state index is 0.0224. The number of ether oxygens (including phenoxy) is 1. The molecule has 1 N–H and O–H groups in total. The monoisotopic (exact) mass is 195 g/mol. The third kappa shape index (κ3) is 2.87. The van der Waals surface area contributed by atoms with Gasteiger partial charge in [-0.05, 0) is 20.3 Å². The van der Waals surface area contributed by atoms with Crippen LogP contribution < -0.4 is 10.1 Å². The van der Waals surface area contributed by atoms with Crippen LogP contribution in [0.2, 0.25) is 0 Å². The van der Waals surface area contributed by atoms with E-state index in [1.165, 1.54) is 0 Å². The van der Waals surface area contributed by atoms with Gasteiger partial charge in [0, 0.05) is 5.54 Å². The summed E-state index contributed by atoms with van der Waals surface area (Å²) in [7, 11) is 1.60. The number of aromatic nitrogens is 2. The van der Waals surface area contributed by atoms with E-state index in [9.17, 15) is 0 Å². The molecular weight excluding hydrogens is 178 g/mol. The van der Waals surface area contributed by atoms with E-state index in [-0.39, 0.29) is 5.54 Å². The van der Waals surface area contributed by atoms with Crippen molar-refractivity contribution >= 4 is 5.95 Å². The van der Waals surface area contributed by atoms with Gasteiger partial charge in [-0.1, -0.05) is 6.92 Å². The van der Waals surface area contributed by atoms with Gasteiger partial charge in [0.1, 0.15) is 0 Å². The second-order valence-corrected chi connectivity index (χ2v) is 3.81. The number of methoxy groups -OCH3 is 1. The van der Waals surface area contributed by atoms with Crippen LogP contribution >= 0.6 is 0 Å². The van der Waals surface area contributed by atoms with Crippen molar-refractivity contribution in [1.29, 1.82) is 0 Å². The lowest BCUT2D eigenvalue weighted by molar-refractivity contribution is 0.410. The van der Waals surface area contributed by atoms with Gasteiger partial charge in [0.15, 0.2) is 5.75 Å². The summed E-state index contributed by atoms with van der Waals surface area (Å²) in [5, 5.41) is 3.24.